The van der Waals surface area contributed by atoms with E-state index >= 15 is 0 Å². The van der Waals surface area contributed by atoms with Crippen molar-refractivity contribution in [3.63, 3.8) is 0 Å². The van der Waals surface area contributed by atoms with Crippen LogP contribution in [0.25, 0.3) is 10.9 Å². The molecule has 0 spiro atoms. The van der Waals surface area contributed by atoms with Gasteiger partial charge in [0.25, 0.3) is 0 Å². The van der Waals surface area contributed by atoms with Gasteiger partial charge in [0.1, 0.15) is 11.4 Å². The molecule has 0 radical (unpaired) electrons. The Hall–Kier alpha value is -3.23. The first-order chi connectivity index (χ1) is 16.4. The number of fused-ring (bicyclic) bond motifs is 1. The van der Waals surface area contributed by atoms with Gasteiger partial charge >= 0.3 is 5.97 Å². The highest BCUT2D eigenvalue weighted by Gasteiger charge is 2.24. The predicted octanol–water partition coefficient (Wildman–Crippen LogP) is 4.08. The lowest BCUT2D eigenvalue weighted by atomic mass is 10.1. The van der Waals surface area contributed by atoms with E-state index < -0.39 is 5.97 Å². The molecular weight excluding hydrogens is 456 g/mol. The Bertz CT molecular complexity index is 1200. The number of carbonyl (C=O) groups excluding carboxylic acids is 2. The highest BCUT2D eigenvalue weighted by molar-refractivity contribution is 6.30. The van der Waals surface area contributed by atoms with Crippen molar-refractivity contribution in [3.8, 4) is 5.75 Å². The van der Waals surface area contributed by atoms with E-state index in [0.717, 1.165) is 36.9 Å². The second-order valence-electron chi connectivity index (χ2n) is 8.31. The molecule has 1 aromatic heterocycles. The molecule has 9 heteroatoms. The number of ether oxygens (including phenoxy) is 2. The summed E-state index contributed by atoms with van der Waals surface area (Å²) in [5, 5.41) is 4.29. The number of hydrogen-bond acceptors (Lipinski definition) is 6. The zero-order chi connectivity index (χ0) is 24.2. The quantitative estimate of drug-likeness (QED) is 0.491. The lowest BCUT2D eigenvalue weighted by molar-refractivity contribution is -0.116. The van der Waals surface area contributed by atoms with Crippen LogP contribution in [0.2, 0.25) is 5.02 Å². The number of aromatic amines is 1. The number of aromatic nitrogens is 1. The lowest BCUT2D eigenvalue weighted by Gasteiger charge is -2.36. The van der Waals surface area contributed by atoms with Gasteiger partial charge in [-0.05, 0) is 36.8 Å². The van der Waals surface area contributed by atoms with Gasteiger partial charge in [0, 0.05) is 49.9 Å². The summed E-state index contributed by atoms with van der Waals surface area (Å²) in [7, 11) is 2.86. The summed E-state index contributed by atoms with van der Waals surface area (Å²) < 4.78 is 10.3. The minimum atomic E-state index is -0.555. The Balaban J connectivity index is 1.39. The summed E-state index contributed by atoms with van der Waals surface area (Å²) in [6.45, 7) is 6.16. The van der Waals surface area contributed by atoms with Crippen molar-refractivity contribution < 1.29 is 19.1 Å². The number of piperazine rings is 1. The molecular formula is C25H29ClN4O4. The van der Waals surface area contributed by atoms with Crippen LogP contribution >= 0.6 is 11.6 Å². The minimum absolute atomic E-state index is 0.176. The predicted molar refractivity (Wildman–Crippen MR) is 134 cm³/mol. The first-order valence-electron chi connectivity index (χ1n) is 11.2. The molecule has 3 aromatic rings. The van der Waals surface area contributed by atoms with E-state index in [1.807, 2.05) is 30.3 Å². The molecule has 0 unspecified atom stereocenters. The zero-order valence-corrected chi connectivity index (χ0v) is 20.4. The molecule has 4 rings (SSSR count). The molecule has 0 bridgehead atoms. The number of benzene rings is 2. The molecule has 2 N–H and O–H groups in total. The third-order valence-electron chi connectivity index (χ3n) is 6.20. The maximum Gasteiger partial charge on any atom is 0.356 e. The van der Waals surface area contributed by atoms with Crippen molar-refractivity contribution in [2.45, 2.75) is 13.3 Å². The summed E-state index contributed by atoms with van der Waals surface area (Å²) in [6, 6.07) is 11.4. The van der Waals surface area contributed by atoms with Crippen molar-refractivity contribution >= 4 is 45.8 Å². The average Bonchev–Trinajstić information content (AvgIpc) is 3.22. The van der Waals surface area contributed by atoms with Crippen LogP contribution < -0.4 is 15.0 Å². The van der Waals surface area contributed by atoms with Crippen LogP contribution in [-0.4, -0.2) is 68.7 Å². The standard InChI is InChI=1S/C25H29ClN4O4/c1-16-7-8-17(26)15-19(16)30-13-11-29(12-14-30)10-9-21(31)28-23-22-18(5-4-6-20(22)33-2)27-24(23)25(32)34-3/h4-8,15,27H,9-14H2,1-3H3,(H,28,31). The number of methoxy groups -OCH3 is 2. The maximum atomic E-state index is 12.9. The second-order valence-corrected chi connectivity index (χ2v) is 8.74. The van der Waals surface area contributed by atoms with Crippen LogP contribution in [0.5, 0.6) is 5.75 Å². The average molecular weight is 485 g/mol. The van der Waals surface area contributed by atoms with E-state index in [2.05, 4.69) is 27.0 Å². The molecule has 1 aliphatic heterocycles. The largest absolute Gasteiger partial charge is 0.496 e. The molecule has 2 aromatic carbocycles. The Morgan fingerprint density at radius 3 is 2.59 bits per heavy atom. The van der Waals surface area contributed by atoms with E-state index in [1.54, 1.807) is 13.2 Å². The van der Waals surface area contributed by atoms with Crippen LogP contribution in [0, 0.1) is 6.92 Å². The number of esters is 1. The number of H-pyrrole nitrogens is 1. The molecule has 1 saturated heterocycles. The monoisotopic (exact) mass is 484 g/mol. The highest BCUT2D eigenvalue weighted by Crippen LogP contribution is 2.35. The number of hydrogen-bond donors (Lipinski definition) is 2. The Morgan fingerprint density at radius 2 is 1.88 bits per heavy atom. The van der Waals surface area contributed by atoms with E-state index in [-0.39, 0.29) is 11.6 Å². The second kappa shape index (κ2) is 10.4. The number of aryl methyl sites for hydroxylation is 1. The number of amides is 1. The van der Waals surface area contributed by atoms with Crippen LogP contribution in [0.4, 0.5) is 11.4 Å². The van der Waals surface area contributed by atoms with Crippen molar-refractivity contribution in [1.29, 1.82) is 0 Å². The fraction of sp³-hybridized carbons (Fsp3) is 0.360. The molecule has 2 heterocycles. The number of nitrogens with zero attached hydrogens (tertiary/aromatic N) is 2. The summed E-state index contributed by atoms with van der Waals surface area (Å²) in [5.41, 5.74) is 3.62. The number of rotatable bonds is 7. The van der Waals surface area contributed by atoms with Gasteiger partial charge in [0.2, 0.25) is 5.91 Å². The zero-order valence-electron chi connectivity index (χ0n) is 19.6. The lowest BCUT2D eigenvalue weighted by Crippen LogP contribution is -2.47. The van der Waals surface area contributed by atoms with E-state index in [1.165, 1.54) is 12.7 Å². The Kier molecular flexibility index (Phi) is 7.29. The smallest absolute Gasteiger partial charge is 0.356 e. The molecule has 0 saturated carbocycles. The van der Waals surface area contributed by atoms with Crippen LogP contribution in [-0.2, 0) is 9.53 Å². The molecule has 8 nitrogen and oxygen atoms in total. The van der Waals surface area contributed by atoms with Gasteiger partial charge in [-0.2, -0.15) is 0 Å². The molecule has 1 amide bonds. The summed E-state index contributed by atoms with van der Waals surface area (Å²) in [5.74, 6) is -0.169. The first kappa shape index (κ1) is 23.9. The van der Waals surface area contributed by atoms with Crippen molar-refractivity contribution in [2.75, 3.05) is 57.2 Å². The van der Waals surface area contributed by atoms with E-state index in [4.69, 9.17) is 21.1 Å². The number of nitrogens with one attached hydrogen (secondary N) is 2. The highest BCUT2D eigenvalue weighted by atomic mass is 35.5. The molecule has 0 atom stereocenters. The van der Waals surface area contributed by atoms with Gasteiger partial charge in [0.15, 0.2) is 0 Å². The molecule has 180 valence electrons. The van der Waals surface area contributed by atoms with Gasteiger partial charge in [-0.25, -0.2) is 4.79 Å². The van der Waals surface area contributed by atoms with Gasteiger partial charge in [-0.3, -0.25) is 9.69 Å². The van der Waals surface area contributed by atoms with Crippen LogP contribution in [0.15, 0.2) is 36.4 Å². The Labute approximate surface area is 203 Å². The summed E-state index contributed by atoms with van der Waals surface area (Å²) >= 11 is 6.18. The first-order valence-corrected chi connectivity index (χ1v) is 11.6. The molecule has 34 heavy (non-hydrogen) atoms. The summed E-state index contributed by atoms with van der Waals surface area (Å²) in [4.78, 5) is 32.8. The van der Waals surface area contributed by atoms with Crippen molar-refractivity contribution in [1.82, 2.24) is 9.88 Å². The SMILES string of the molecule is COC(=O)c1[nH]c2cccc(OC)c2c1NC(=O)CCN1CCN(c2cc(Cl)ccc2C)CC1. The normalized spacial score (nSPS) is 14.3. The fourth-order valence-electron chi connectivity index (χ4n) is 4.36. The topological polar surface area (TPSA) is 86.9 Å². The van der Waals surface area contributed by atoms with Crippen LogP contribution in [0.1, 0.15) is 22.5 Å². The van der Waals surface area contributed by atoms with Gasteiger partial charge < -0.3 is 24.7 Å². The van der Waals surface area contributed by atoms with Gasteiger partial charge in [-0.15, -0.1) is 0 Å². The maximum absolute atomic E-state index is 12.9. The van der Waals surface area contributed by atoms with Gasteiger partial charge in [0.05, 0.1) is 30.8 Å². The van der Waals surface area contributed by atoms with Crippen LogP contribution in [0.3, 0.4) is 0 Å². The van der Waals surface area contributed by atoms with Crippen molar-refractivity contribution in [3.05, 3.63) is 52.7 Å². The Morgan fingerprint density at radius 1 is 1.12 bits per heavy atom. The number of anilines is 2. The van der Waals surface area contributed by atoms with Gasteiger partial charge in [-0.1, -0.05) is 23.7 Å². The number of carbonyl (C=O) groups is 2. The van der Waals surface area contributed by atoms with E-state index in [9.17, 15) is 9.59 Å². The third-order valence-corrected chi connectivity index (χ3v) is 6.43. The van der Waals surface area contributed by atoms with Crippen molar-refractivity contribution in [2.24, 2.45) is 0 Å². The fourth-order valence-corrected chi connectivity index (χ4v) is 4.53. The summed E-state index contributed by atoms with van der Waals surface area (Å²) in [6.07, 6.45) is 0.304. The molecule has 1 aliphatic rings. The molecule has 0 aliphatic carbocycles. The number of halogens is 1. The van der Waals surface area contributed by atoms with E-state index in [0.29, 0.717) is 35.3 Å². The molecule has 1 fully saturated rings. The third kappa shape index (κ3) is 4.98. The minimum Gasteiger partial charge on any atom is -0.496 e.